The molecule has 1 heterocycles. The van der Waals surface area contributed by atoms with Gasteiger partial charge >= 0.3 is 0 Å². The maximum absolute atomic E-state index is 8.96. The first-order valence-corrected chi connectivity index (χ1v) is 7.24. The molecule has 1 N–H and O–H groups in total. The molecule has 0 fully saturated rings. The first-order chi connectivity index (χ1) is 8.17. The van der Waals surface area contributed by atoms with Crippen molar-refractivity contribution in [3.63, 3.8) is 0 Å². The van der Waals surface area contributed by atoms with Gasteiger partial charge in [0.25, 0.3) is 0 Å². The van der Waals surface area contributed by atoms with E-state index in [1.807, 2.05) is 19.0 Å². The maximum atomic E-state index is 8.96. The lowest BCUT2D eigenvalue weighted by molar-refractivity contribution is 0.637. The van der Waals surface area contributed by atoms with Crippen LogP contribution in [0.5, 0.6) is 0 Å². The lowest BCUT2D eigenvalue weighted by atomic mass is 10.3. The lowest BCUT2D eigenvalue weighted by Crippen LogP contribution is -2.30. The second-order valence-electron chi connectivity index (χ2n) is 3.69. The third-order valence-electron chi connectivity index (χ3n) is 1.95. The molecule has 1 atom stereocenters. The Bertz CT molecular complexity index is 371. The van der Waals surface area contributed by atoms with Crippen LogP contribution >= 0.6 is 23.1 Å². The van der Waals surface area contributed by atoms with Crippen LogP contribution in [0.1, 0.15) is 13.3 Å². The summed E-state index contributed by atoms with van der Waals surface area (Å²) in [6.07, 6.45) is 1.03. The minimum atomic E-state index is -0.119. The van der Waals surface area contributed by atoms with Crippen LogP contribution in [0.15, 0.2) is 4.34 Å². The predicted octanol–water partition coefficient (Wildman–Crippen LogP) is 1.59. The highest BCUT2D eigenvalue weighted by Crippen LogP contribution is 2.27. The van der Waals surface area contributed by atoms with E-state index < -0.39 is 0 Å². The van der Waals surface area contributed by atoms with E-state index >= 15 is 0 Å². The topological polar surface area (TPSA) is 64.8 Å². The number of hydrogen-bond donors (Lipinski definition) is 1. The Morgan fingerprint density at radius 2 is 2.29 bits per heavy atom. The molecule has 0 aliphatic rings. The number of nitrogens with one attached hydrogen (secondary N) is 1. The number of thioether (sulfide) groups is 1. The summed E-state index contributed by atoms with van der Waals surface area (Å²) in [5, 5.41) is 21.2. The van der Waals surface area contributed by atoms with Crippen molar-refractivity contribution in [2.45, 2.75) is 23.7 Å². The summed E-state index contributed by atoms with van der Waals surface area (Å²) < 4.78 is 0.909. The molecule has 0 aliphatic carbocycles. The maximum Gasteiger partial charge on any atom is 0.208 e. The normalized spacial score (nSPS) is 12.1. The first kappa shape index (κ1) is 14.2. The van der Waals surface area contributed by atoms with E-state index in [1.165, 1.54) is 0 Å². The molecule has 0 amide bonds. The zero-order valence-corrected chi connectivity index (χ0v) is 11.9. The summed E-state index contributed by atoms with van der Waals surface area (Å²) >= 11 is 3.12. The third-order valence-corrected chi connectivity index (χ3v) is 4.27. The van der Waals surface area contributed by atoms with Crippen molar-refractivity contribution in [3.8, 4) is 6.07 Å². The van der Waals surface area contributed by atoms with Gasteiger partial charge in [-0.1, -0.05) is 30.0 Å². The predicted molar refractivity (Wildman–Crippen MR) is 72.7 cm³/mol. The van der Waals surface area contributed by atoms with Gasteiger partial charge in [0.15, 0.2) is 4.34 Å². The third kappa shape index (κ3) is 4.89. The standard InChI is InChI=1S/C10H17N5S2/c1-4-5-12-8(6-11)7-16-10-14-13-9(17-10)15(2)3/h8,12H,4-5,7H2,1-3H3. The summed E-state index contributed by atoms with van der Waals surface area (Å²) in [7, 11) is 3.88. The van der Waals surface area contributed by atoms with Crippen molar-refractivity contribution in [3.05, 3.63) is 0 Å². The Kier molecular flexibility index (Phi) is 6.26. The number of nitrogens with zero attached hydrogens (tertiary/aromatic N) is 4. The van der Waals surface area contributed by atoms with Crippen molar-refractivity contribution in [1.29, 1.82) is 5.26 Å². The van der Waals surface area contributed by atoms with Gasteiger partial charge in [0.1, 0.15) is 6.04 Å². The van der Waals surface area contributed by atoms with Crippen LogP contribution in [-0.4, -0.2) is 42.6 Å². The van der Waals surface area contributed by atoms with Gasteiger partial charge in [-0.05, 0) is 13.0 Å². The molecule has 7 heteroatoms. The minimum Gasteiger partial charge on any atom is -0.353 e. The lowest BCUT2D eigenvalue weighted by Gasteiger charge is -2.08. The highest BCUT2D eigenvalue weighted by Gasteiger charge is 2.10. The molecule has 1 unspecified atom stereocenters. The molecular weight excluding hydrogens is 254 g/mol. The van der Waals surface area contributed by atoms with Gasteiger partial charge in [-0.2, -0.15) is 5.26 Å². The molecule has 5 nitrogen and oxygen atoms in total. The Labute approximate surface area is 110 Å². The SMILES string of the molecule is CCCNC(C#N)CSc1nnc(N(C)C)s1. The molecule has 1 rings (SSSR count). The smallest absolute Gasteiger partial charge is 0.208 e. The van der Waals surface area contributed by atoms with Gasteiger partial charge in [-0.15, -0.1) is 10.2 Å². The number of rotatable bonds is 7. The molecule has 0 saturated carbocycles. The largest absolute Gasteiger partial charge is 0.353 e. The molecule has 94 valence electrons. The second kappa shape index (κ2) is 7.48. The molecule has 0 radical (unpaired) electrons. The van der Waals surface area contributed by atoms with Gasteiger partial charge in [-0.3, -0.25) is 0 Å². The average Bonchev–Trinajstić information content (AvgIpc) is 2.78. The molecular formula is C10H17N5S2. The van der Waals surface area contributed by atoms with E-state index in [0.29, 0.717) is 5.75 Å². The van der Waals surface area contributed by atoms with Crippen LogP contribution in [0.2, 0.25) is 0 Å². The van der Waals surface area contributed by atoms with Gasteiger partial charge in [0.05, 0.1) is 6.07 Å². The number of nitriles is 1. The van der Waals surface area contributed by atoms with Crippen molar-refractivity contribution >= 4 is 28.2 Å². The zero-order chi connectivity index (χ0) is 12.7. The van der Waals surface area contributed by atoms with Gasteiger partial charge in [-0.25, -0.2) is 0 Å². The fourth-order valence-electron chi connectivity index (χ4n) is 1.06. The van der Waals surface area contributed by atoms with E-state index in [0.717, 1.165) is 22.4 Å². The van der Waals surface area contributed by atoms with Crippen molar-refractivity contribution in [1.82, 2.24) is 15.5 Å². The molecule has 1 aromatic heterocycles. The van der Waals surface area contributed by atoms with Gasteiger partial charge in [0.2, 0.25) is 5.13 Å². The van der Waals surface area contributed by atoms with Crippen LogP contribution < -0.4 is 10.2 Å². The summed E-state index contributed by atoms with van der Waals surface area (Å²) in [5.74, 6) is 0.707. The summed E-state index contributed by atoms with van der Waals surface area (Å²) in [6.45, 7) is 2.96. The highest BCUT2D eigenvalue weighted by atomic mass is 32.2. The van der Waals surface area contributed by atoms with Crippen molar-refractivity contribution in [2.24, 2.45) is 0 Å². The van der Waals surface area contributed by atoms with E-state index in [-0.39, 0.29) is 6.04 Å². The Morgan fingerprint density at radius 1 is 1.53 bits per heavy atom. The molecule has 0 aromatic carbocycles. The minimum absolute atomic E-state index is 0.119. The molecule has 17 heavy (non-hydrogen) atoms. The number of aromatic nitrogens is 2. The average molecular weight is 271 g/mol. The fourth-order valence-corrected chi connectivity index (χ4v) is 2.82. The van der Waals surface area contributed by atoms with Crippen LogP contribution in [0, 0.1) is 11.3 Å². The first-order valence-electron chi connectivity index (χ1n) is 5.44. The van der Waals surface area contributed by atoms with Crippen LogP contribution in [0.3, 0.4) is 0 Å². The van der Waals surface area contributed by atoms with E-state index in [9.17, 15) is 0 Å². The van der Waals surface area contributed by atoms with Crippen LogP contribution in [0.25, 0.3) is 0 Å². The number of anilines is 1. The van der Waals surface area contributed by atoms with Gasteiger partial charge < -0.3 is 10.2 Å². The van der Waals surface area contributed by atoms with Crippen molar-refractivity contribution < 1.29 is 0 Å². The van der Waals surface area contributed by atoms with E-state index in [2.05, 4.69) is 28.5 Å². The Hall–Kier alpha value is -0.840. The summed E-state index contributed by atoms with van der Waals surface area (Å²) in [4.78, 5) is 1.93. The van der Waals surface area contributed by atoms with E-state index in [1.54, 1.807) is 23.1 Å². The second-order valence-corrected chi connectivity index (χ2v) is 5.91. The monoisotopic (exact) mass is 271 g/mol. The molecule has 0 aliphatic heterocycles. The van der Waals surface area contributed by atoms with Crippen LogP contribution in [0.4, 0.5) is 5.13 Å². The summed E-state index contributed by atoms with van der Waals surface area (Å²) in [6, 6.07) is 2.13. The number of hydrogen-bond acceptors (Lipinski definition) is 7. The molecule has 0 bridgehead atoms. The van der Waals surface area contributed by atoms with Crippen LogP contribution in [-0.2, 0) is 0 Å². The zero-order valence-electron chi connectivity index (χ0n) is 10.3. The van der Waals surface area contributed by atoms with Crippen molar-refractivity contribution in [2.75, 3.05) is 31.3 Å². The molecule has 0 spiro atoms. The van der Waals surface area contributed by atoms with E-state index in [4.69, 9.17) is 5.26 Å². The molecule has 1 aromatic rings. The molecule has 0 saturated heterocycles. The highest BCUT2D eigenvalue weighted by molar-refractivity contribution is 8.01. The quantitative estimate of drug-likeness (QED) is 0.760. The Balaban J connectivity index is 2.40. The summed E-state index contributed by atoms with van der Waals surface area (Å²) in [5.41, 5.74) is 0. The fraction of sp³-hybridized carbons (Fsp3) is 0.700. The Morgan fingerprint density at radius 3 is 2.82 bits per heavy atom. The van der Waals surface area contributed by atoms with Gasteiger partial charge in [0, 0.05) is 19.8 Å².